The molecule has 0 aliphatic rings. The molecule has 0 bridgehead atoms. The van der Waals surface area contributed by atoms with Crippen LogP contribution in [0.3, 0.4) is 0 Å². The van der Waals surface area contributed by atoms with Crippen LogP contribution in [-0.2, 0) is 0 Å². The van der Waals surface area contributed by atoms with Crippen LogP contribution in [0.4, 0.5) is 5.95 Å². The Morgan fingerprint density at radius 2 is 1.95 bits per heavy atom. The fourth-order valence-electron chi connectivity index (χ4n) is 1.59. The highest BCUT2D eigenvalue weighted by Crippen LogP contribution is 2.24. The van der Waals surface area contributed by atoms with Gasteiger partial charge in [-0.1, -0.05) is 0 Å². The van der Waals surface area contributed by atoms with Gasteiger partial charge in [0, 0.05) is 23.2 Å². The normalized spacial score (nSPS) is 10.3. The largest absolute Gasteiger partial charge is 0.439 e. The number of ether oxygens (including phenoxy) is 1. The van der Waals surface area contributed by atoms with Gasteiger partial charge in [-0.15, -0.1) is 11.8 Å². The summed E-state index contributed by atoms with van der Waals surface area (Å²) in [5.74, 6) is 1.93. The van der Waals surface area contributed by atoms with Gasteiger partial charge in [0.1, 0.15) is 5.75 Å². The van der Waals surface area contributed by atoms with Crippen molar-refractivity contribution in [3.05, 3.63) is 36.0 Å². The summed E-state index contributed by atoms with van der Waals surface area (Å²) in [7, 11) is 0. The first-order chi connectivity index (χ1) is 9.21. The lowest BCUT2D eigenvalue weighted by molar-refractivity contribution is 0.461. The molecule has 0 saturated heterocycles. The van der Waals surface area contributed by atoms with Gasteiger partial charge in [-0.25, -0.2) is 4.98 Å². The number of nitrogens with zero attached hydrogens (tertiary/aromatic N) is 2. The van der Waals surface area contributed by atoms with Gasteiger partial charge in [0.15, 0.2) is 0 Å². The first kappa shape index (κ1) is 13.7. The number of benzene rings is 1. The van der Waals surface area contributed by atoms with E-state index in [4.69, 9.17) is 4.74 Å². The van der Waals surface area contributed by atoms with E-state index in [2.05, 4.69) is 15.3 Å². The Morgan fingerprint density at radius 1 is 1.21 bits per heavy atom. The third kappa shape index (κ3) is 3.86. The number of aryl methyl sites for hydroxylation is 1. The van der Waals surface area contributed by atoms with E-state index in [-0.39, 0.29) is 0 Å². The Kier molecular flexibility index (Phi) is 4.63. The monoisotopic (exact) mass is 275 g/mol. The quantitative estimate of drug-likeness (QED) is 0.842. The molecule has 0 atom stereocenters. The van der Waals surface area contributed by atoms with E-state index in [1.165, 1.54) is 4.90 Å². The van der Waals surface area contributed by atoms with E-state index in [0.717, 1.165) is 18.0 Å². The Morgan fingerprint density at radius 3 is 2.58 bits per heavy atom. The smallest absolute Gasteiger partial charge is 0.226 e. The minimum Gasteiger partial charge on any atom is -0.439 e. The molecule has 100 valence electrons. The predicted molar refractivity (Wildman–Crippen MR) is 79.2 cm³/mol. The van der Waals surface area contributed by atoms with Gasteiger partial charge in [-0.05, 0) is 44.4 Å². The molecular weight excluding hydrogens is 258 g/mol. The van der Waals surface area contributed by atoms with Crippen molar-refractivity contribution in [2.75, 3.05) is 18.1 Å². The maximum Gasteiger partial charge on any atom is 0.226 e. The fourth-order valence-corrected chi connectivity index (χ4v) is 2.00. The van der Waals surface area contributed by atoms with Gasteiger partial charge in [0.05, 0.1) is 0 Å². The summed E-state index contributed by atoms with van der Waals surface area (Å²) in [6.07, 6.45) is 2.05. The molecule has 0 aliphatic heterocycles. The van der Waals surface area contributed by atoms with Gasteiger partial charge in [-0.3, -0.25) is 0 Å². The zero-order chi connectivity index (χ0) is 13.7. The Hall–Kier alpha value is -1.75. The van der Waals surface area contributed by atoms with E-state index in [1.807, 2.05) is 50.4 Å². The number of aromatic nitrogens is 2. The van der Waals surface area contributed by atoms with Crippen LogP contribution in [0, 0.1) is 6.92 Å². The van der Waals surface area contributed by atoms with Crippen LogP contribution in [0.15, 0.2) is 35.2 Å². The minimum atomic E-state index is 0.556. The van der Waals surface area contributed by atoms with E-state index < -0.39 is 0 Å². The summed E-state index contributed by atoms with van der Waals surface area (Å²) in [5, 5.41) is 3.09. The average molecular weight is 275 g/mol. The van der Waals surface area contributed by atoms with Gasteiger partial charge in [0.25, 0.3) is 0 Å². The van der Waals surface area contributed by atoms with Crippen molar-refractivity contribution in [2.24, 2.45) is 0 Å². The van der Waals surface area contributed by atoms with Crippen molar-refractivity contribution in [3.8, 4) is 11.6 Å². The van der Waals surface area contributed by atoms with Crippen molar-refractivity contribution in [1.29, 1.82) is 0 Å². The molecule has 4 nitrogen and oxygen atoms in total. The van der Waals surface area contributed by atoms with Crippen LogP contribution in [0.25, 0.3) is 0 Å². The molecule has 1 N–H and O–H groups in total. The number of thioether (sulfide) groups is 1. The number of hydrogen-bond donors (Lipinski definition) is 1. The van der Waals surface area contributed by atoms with Crippen molar-refractivity contribution < 1.29 is 4.74 Å². The van der Waals surface area contributed by atoms with E-state index in [9.17, 15) is 0 Å². The summed E-state index contributed by atoms with van der Waals surface area (Å²) in [6.45, 7) is 4.71. The molecule has 0 unspecified atom stereocenters. The third-order valence-electron chi connectivity index (χ3n) is 2.45. The Labute approximate surface area is 117 Å². The third-order valence-corrected chi connectivity index (χ3v) is 3.19. The first-order valence-corrected chi connectivity index (χ1v) is 7.35. The average Bonchev–Trinajstić information content (AvgIpc) is 2.39. The standard InChI is InChI=1S/C14H17N3OS/c1-4-15-14-16-10(2)9-13(17-14)18-11-5-7-12(19-3)8-6-11/h5-9H,4H2,1-3H3,(H,15,16,17). The molecule has 0 aliphatic carbocycles. The molecule has 0 fully saturated rings. The maximum atomic E-state index is 5.75. The molecule has 1 aromatic heterocycles. The van der Waals surface area contributed by atoms with Gasteiger partial charge >= 0.3 is 0 Å². The van der Waals surface area contributed by atoms with Crippen molar-refractivity contribution >= 4 is 17.7 Å². The van der Waals surface area contributed by atoms with Crippen LogP contribution in [-0.4, -0.2) is 22.8 Å². The molecule has 2 aromatic rings. The van der Waals surface area contributed by atoms with Crippen molar-refractivity contribution in [2.45, 2.75) is 18.7 Å². The molecule has 2 rings (SSSR count). The molecule has 1 aromatic carbocycles. The second kappa shape index (κ2) is 6.43. The second-order valence-corrected chi connectivity index (χ2v) is 4.86. The van der Waals surface area contributed by atoms with Crippen LogP contribution in [0.5, 0.6) is 11.6 Å². The van der Waals surface area contributed by atoms with Gasteiger partial charge in [0.2, 0.25) is 11.8 Å². The lowest BCUT2D eigenvalue weighted by atomic mass is 10.3. The molecule has 19 heavy (non-hydrogen) atoms. The predicted octanol–water partition coefficient (Wildman–Crippen LogP) is 3.73. The van der Waals surface area contributed by atoms with Crippen LogP contribution in [0.1, 0.15) is 12.6 Å². The molecule has 0 spiro atoms. The zero-order valence-electron chi connectivity index (χ0n) is 11.3. The lowest BCUT2D eigenvalue weighted by Crippen LogP contribution is -2.03. The second-order valence-electron chi connectivity index (χ2n) is 3.98. The molecule has 0 amide bonds. The summed E-state index contributed by atoms with van der Waals surface area (Å²) >= 11 is 1.70. The highest BCUT2D eigenvalue weighted by Gasteiger charge is 2.04. The highest BCUT2D eigenvalue weighted by molar-refractivity contribution is 7.98. The van der Waals surface area contributed by atoms with Gasteiger partial charge < -0.3 is 10.1 Å². The Balaban J connectivity index is 2.17. The highest BCUT2D eigenvalue weighted by atomic mass is 32.2. The number of anilines is 1. The fraction of sp³-hybridized carbons (Fsp3) is 0.286. The lowest BCUT2D eigenvalue weighted by Gasteiger charge is -2.08. The summed E-state index contributed by atoms with van der Waals surface area (Å²) in [5.41, 5.74) is 0.877. The molecular formula is C14H17N3OS. The van der Waals surface area contributed by atoms with E-state index >= 15 is 0 Å². The summed E-state index contributed by atoms with van der Waals surface area (Å²) in [4.78, 5) is 9.81. The molecule has 0 saturated carbocycles. The minimum absolute atomic E-state index is 0.556. The molecule has 0 radical (unpaired) electrons. The number of hydrogen-bond acceptors (Lipinski definition) is 5. The summed E-state index contributed by atoms with van der Waals surface area (Å²) in [6, 6.07) is 9.76. The SMILES string of the molecule is CCNc1nc(C)cc(Oc2ccc(SC)cc2)n1. The maximum absolute atomic E-state index is 5.75. The van der Waals surface area contributed by atoms with E-state index in [0.29, 0.717) is 11.8 Å². The summed E-state index contributed by atoms with van der Waals surface area (Å²) < 4.78 is 5.75. The first-order valence-electron chi connectivity index (χ1n) is 6.12. The van der Waals surface area contributed by atoms with Crippen LogP contribution >= 0.6 is 11.8 Å². The zero-order valence-corrected chi connectivity index (χ0v) is 12.1. The molecule has 1 heterocycles. The topological polar surface area (TPSA) is 47.0 Å². The van der Waals surface area contributed by atoms with Crippen molar-refractivity contribution in [3.63, 3.8) is 0 Å². The van der Waals surface area contributed by atoms with Crippen LogP contribution < -0.4 is 10.1 Å². The number of rotatable bonds is 5. The van der Waals surface area contributed by atoms with E-state index in [1.54, 1.807) is 11.8 Å². The molecule has 5 heteroatoms. The van der Waals surface area contributed by atoms with Crippen molar-refractivity contribution in [1.82, 2.24) is 9.97 Å². The van der Waals surface area contributed by atoms with Crippen LogP contribution in [0.2, 0.25) is 0 Å². The van der Waals surface area contributed by atoms with Gasteiger partial charge in [-0.2, -0.15) is 4.98 Å². The Bertz CT molecular complexity index is 543. The number of nitrogens with one attached hydrogen (secondary N) is 1.